The number of para-hydroxylation sites is 1. The average Bonchev–Trinajstić information content (AvgIpc) is 2.90. The highest BCUT2D eigenvalue weighted by Gasteiger charge is 2.37. The zero-order chi connectivity index (χ0) is 16.8. The van der Waals surface area contributed by atoms with Gasteiger partial charge in [-0.2, -0.15) is 0 Å². The van der Waals surface area contributed by atoms with Crippen LogP contribution in [0.25, 0.3) is 0 Å². The quantitative estimate of drug-likeness (QED) is 0.483. The number of thioether (sulfide) groups is 1. The molecular formula is C22H16ClNS. The van der Waals surface area contributed by atoms with E-state index in [1.165, 1.54) is 27.3 Å². The number of fused-ring (bicyclic) bond motifs is 4. The Hall–Kier alpha value is -2.03. The summed E-state index contributed by atoms with van der Waals surface area (Å²) in [5.74, 6) is 0.369. The van der Waals surface area contributed by atoms with Crippen molar-refractivity contribution < 1.29 is 0 Å². The number of aliphatic imine (C=N–C) groups is 1. The van der Waals surface area contributed by atoms with Crippen LogP contribution < -0.4 is 0 Å². The second-order valence-electron chi connectivity index (χ2n) is 6.53. The van der Waals surface area contributed by atoms with E-state index in [0.29, 0.717) is 11.2 Å². The van der Waals surface area contributed by atoms with E-state index in [1.807, 2.05) is 23.9 Å². The minimum absolute atomic E-state index is 0.313. The zero-order valence-corrected chi connectivity index (χ0v) is 15.1. The Morgan fingerprint density at radius 1 is 0.920 bits per heavy atom. The number of halogens is 1. The van der Waals surface area contributed by atoms with E-state index in [2.05, 4.69) is 60.7 Å². The van der Waals surface area contributed by atoms with Crippen LogP contribution in [0, 0.1) is 5.92 Å². The van der Waals surface area contributed by atoms with E-state index in [9.17, 15) is 0 Å². The van der Waals surface area contributed by atoms with Crippen LogP contribution in [0.2, 0.25) is 5.02 Å². The lowest BCUT2D eigenvalue weighted by Gasteiger charge is -2.22. The van der Waals surface area contributed by atoms with Crippen molar-refractivity contribution in [3.05, 3.63) is 94.5 Å². The van der Waals surface area contributed by atoms with Gasteiger partial charge in [0, 0.05) is 21.1 Å². The van der Waals surface area contributed by atoms with Crippen LogP contribution in [0.4, 0.5) is 5.69 Å². The molecule has 0 N–H and O–H groups in total. The fourth-order valence-corrected chi connectivity index (χ4v) is 5.39. The Kier molecular flexibility index (Phi) is 3.69. The Labute approximate surface area is 156 Å². The molecule has 5 rings (SSSR count). The third-order valence-corrected chi connectivity index (χ3v) is 6.68. The Morgan fingerprint density at radius 3 is 2.68 bits per heavy atom. The van der Waals surface area contributed by atoms with Crippen LogP contribution in [0.1, 0.15) is 21.9 Å². The first-order valence-electron chi connectivity index (χ1n) is 8.47. The molecule has 1 aliphatic carbocycles. The molecule has 0 spiro atoms. The van der Waals surface area contributed by atoms with Crippen LogP contribution >= 0.6 is 23.4 Å². The van der Waals surface area contributed by atoms with Crippen LogP contribution in [0.5, 0.6) is 0 Å². The molecule has 0 radical (unpaired) electrons. The highest BCUT2D eigenvalue weighted by atomic mass is 35.5. The molecular weight excluding hydrogens is 346 g/mol. The standard InChI is InChI=1S/C22H16ClNS/c23-16-8-5-7-15(12-16)22-18-13-14-6-1-2-9-17(14)21(18)24-19-10-3-4-11-20(19)25-22/h1-12,18,22H,13H2/t18-,22-/m0/s1. The van der Waals surface area contributed by atoms with E-state index in [0.717, 1.165) is 17.1 Å². The molecule has 0 fully saturated rings. The Morgan fingerprint density at radius 2 is 1.76 bits per heavy atom. The van der Waals surface area contributed by atoms with Gasteiger partial charge in [0.2, 0.25) is 0 Å². The minimum atomic E-state index is 0.313. The molecule has 2 aliphatic rings. The van der Waals surface area contributed by atoms with Gasteiger partial charge in [0.25, 0.3) is 0 Å². The van der Waals surface area contributed by atoms with E-state index < -0.39 is 0 Å². The molecule has 25 heavy (non-hydrogen) atoms. The highest BCUT2D eigenvalue weighted by molar-refractivity contribution is 7.99. The van der Waals surface area contributed by atoms with Crippen LogP contribution in [-0.2, 0) is 6.42 Å². The van der Waals surface area contributed by atoms with E-state index in [4.69, 9.17) is 16.6 Å². The normalized spacial score (nSPS) is 20.9. The topological polar surface area (TPSA) is 12.4 Å². The third kappa shape index (κ3) is 2.61. The molecule has 0 bridgehead atoms. The third-order valence-electron chi connectivity index (χ3n) is 4.99. The molecule has 0 saturated carbocycles. The van der Waals surface area contributed by atoms with Gasteiger partial charge < -0.3 is 0 Å². The largest absolute Gasteiger partial charge is 0.251 e. The second kappa shape index (κ2) is 6.05. The van der Waals surface area contributed by atoms with Gasteiger partial charge in [-0.1, -0.05) is 60.1 Å². The van der Waals surface area contributed by atoms with Crippen molar-refractivity contribution in [1.29, 1.82) is 0 Å². The first kappa shape index (κ1) is 15.2. The smallest absolute Gasteiger partial charge is 0.0769 e. The summed E-state index contributed by atoms with van der Waals surface area (Å²) in [5, 5.41) is 1.11. The lowest BCUT2D eigenvalue weighted by Crippen LogP contribution is -2.16. The van der Waals surface area contributed by atoms with E-state index in [1.54, 1.807) is 0 Å². The van der Waals surface area contributed by atoms with Crippen molar-refractivity contribution in [1.82, 2.24) is 0 Å². The van der Waals surface area contributed by atoms with Gasteiger partial charge in [0.1, 0.15) is 0 Å². The summed E-state index contributed by atoms with van der Waals surface area (Å²) in [7, 11) is 0. The molecule has 1 nitrogen and oxygen atoms in total. The minimum Gasteiger partial charge on any atom is -0.251 e. The van der Waals surface area contributed by atoms with Crippen molar-refractivity contribution in [3.63, 3.8) is 0 Å². The Balaban J connectivity index is 1.71. The molecule has 0 aromatic heterocycles. The van der Waals surface area contributed by atoms with Gasteiger partial charge in [-0.25, -0.2) is 0 Å². The van der Waals surface area contributed by atoms with Crippen molar-refractivity contribution in [2.45, 2.75) is 16.6 Å². The lowest BCUT2D eigenvalue weighted by atomic mass is 9.94. The van der Waals surface area contributed by atoms with Crippen molar-refractivity contribution >= 4 is 34.8 Å². The second-order valence-corrected chi connectivity index (χ2v) is 8.15. The summed E-state index contributed by atoms with van der Waals surface area (Å²) in [6.45, 7) is 0. The van der Waals surface area contributed by atoms with Gasteiger partial charge in [-0.15, -0.1) is 11.8 Å². The lowest BCUT2D eigenvalue weighted by molar-refractivity contribution is 0.694. The number of rotatable bonds is 1. The van der Waals surface area contributed by atoms with Crippen LogP contribution in [0.3, 0.4) is 0 Å². The molecule has 3 aromatic carbocycles. The maximum atomic E-state index is 6.30. The molecule has 2 atom stereocenters. The monoisotopic (exact) mass is 361 g/mol. The van der Waals surface area contributed by atoms with Crippen molar-refractivity contribution in [2.24, 2.45) is 10.9 Å². The predicted octanol–water partition coefficient (Wildman–Crippen LogP) is 6.48. The fraction of sp³-hybridized carbons (Fsp3) is 0.136. The molecule has 0 amide bonds. The summed E-state index contributed by atoms with van der Waals surface area (Å²) >= 11 is 8.21. The van der Waals surface area contributed by atoms with E-state index in [-0.39, 0.29) is 0 Å². The van der Waals surface area contributed by atoms with Gasteiger partial charge in [0.15, 0.2) is 0 Å². The summed E-state index contributed by atoms with van der Waals surface area (Å²) < 4.78 is 0. The van der Waals surface area contributed by atoms with Crippen LogP contribution in [-0.4, -0.2) is 5.71 Å². The van der Waals surface area contributed by atoms with Gasteiger partial charge in [-0.05, 0) is 47.4 Å². The number of nitrogens with zero attached hydrogens (tertiary/aromatic N) is 1. The van der Waals surface area contributed by atoms with Gasteiger partial charge in [-0.3, -0.25) is 4.99 Å². The summed E-state index contributed by atoms with van der Waals surface area (Å²) in [6.07, 6.45) is 1.03. The first-order valence-corrected chi connectivity index (χ1v) is 9.73. The van der Waals surface area contributed by atoms with Gasteiger partial charge >= 0.3 is 0 Å². The number of benzene rings is 3. The Bertz CT molecular complexity index is 995. The predicted molar refractivity (Wildman–Crippen MR) is 106 cm³/mol. The SMILES string of the molecule is Clc1cccc([C@@H]2Sc3ccccc3N=C3c4ccccc4C[C@@H]32)c1. The van der Waals surface area contributed by atoms with E-state index >= 15 is 0 Å². The average molecular weight is 362 g/mol. The summed E-state index contributed by atoms with van der Waals surface area (Å²) in [6, 6.07) is 25.4. The maximum absolute atomic E-state index is 6.30. The summed E-state index contributed by atoms with van der Waals surface area (Å²) in [4.78, 5) is 6.35. The van der Waals surface area contributed by atoms with Crippen molar-refractivity contribution in [3.8, 4) is 0 Å². The number of hydrogen-bond acceptors (Lipinski definition) is 2. The van der Waals surface area contributed by atoms with Crippen LogP contribution in [0.15, 0.2) is 82.7 Å². The molecule has 0 saturated heterocycles. The molecule has 0 unspecified atom stereocenters. The molecule has 122 valence electrons. The first-order chi connectivity index (χ1) is 12.3. The highest BCUT2D eigenvalue weighted by Crippen LogP contribution is 2.51. The zero-order valence-electron chi connectivity index (χ0n) is 13.5. The molecule has 3 heteroatoms. The fourth-order valence-electron chi connectivity index (χ4n) is 3.86. The van der Waals surface area contributed by atoms with Crippen molar-refractivity contribution in [2.75, 3.05) is 0 Å². The number of hydrogen-bond donors (Lipinski definition) is 0. The molecule has 3 aromatic rings. The maximum Gasteiger partial charge on any atom is 0.0769 e. The summed E-state index contributed by atoms with van der Waals surface area (Å²) in [5.41, 5.74) is 6.28. The van der Waals surface area contributed by atoms with Gasteiger partial charge in [0.05, 0.1) is 11.4 Å². The molecule has 1 heterocycles. The molecule has 1 aliphatic heterocycles.